The summed E-state index contributed by atoms with van der Waals surface area (Å²) in [6, 6.07) is 8.87. The lowest BCUT2D eigenvalue weighted by atomic mass is 10.2. The van der Waals surface area contributed by atoms with Crippen LogP contribution in [0.2, 0.25) is 0 Å². The van der Waals surface area contributed by atoms with Crippen LogP contribution in [0.1, 0.15) is 16.4 Å². The van der Waals surface area contributed by atoms with Crippen LogP contribution < -0.4 is 5.43 Å². The minimum atomic E-state index is -0.696. The largest absolute Gasteiger partial charge is 0.463 e. The van der Waals surface area contributed by atoms with Gasteiger partial charge in [0.25, 0.3) is 5.69 Å². The zero-order chi connectivity index (χ0) is 16.9. The molecule has 0 saturated heterocycles. The molecule has 1 N–H and O–H groups in total. The fourth-order valence-electron chi connectivity index (χ4n) is 1.73. The van der Waals surface area contributed by atoms with Crippen LogP contribution in [0.15, 0.2) is 56.7 Å². The van der Waals surface area contributed by atoms with Gasteiger partial charge in [0.05, 0.1) is 17.4 Å². The first-order valence-electron chi connectivity index (χ1n) is 6.59. The number of nitro groups is 1. The van der Waals surface area contributed by atoms with E-state index in [-0.39, 0.29) is 17.4 Å². The van der Waals surface area contributed by atoms with E-state index in [4.69, 9.17) is 8.94 Å². The monoisotopic (exact) mass is 327 g/mol. The molecule has 2 aromatic heterocycles. The van der Waals surface area contributed by atoms with E-state index in [9.17, 15) is 14.9 Å². The van der Waals surface area contributed by atoms with Crippen molar-refractivity contribution < 1.29 is 18.7 Å². The van der Waals surface area contributed by atoms with Gasteiger partial charge in [0.2, 0.25) is 5.82 Å². The molecule has 24 heavy (non-hydrogen) atoms. The molecule has 3 rings (SSSR count). The highest BCUT2D eigenvalue weighted by Crippen LogP contribution is 2.19. The van der Waals surface area contributed by atoms with Gasteiger partial charge in [-0.25, -0.2) is 5.43 Å². The third-order valence-electron chi connectivity index (χ3n) is 2.86. The molecule has 3 aromatic rings. The second-order valence-electron chi connectivity index (χ2n) is 4.44. The number of rotatable bonds is 5. The maximum absolute atomic E-state index is 11.8. The van der Waals surface area contributed by atoms with Gasteiger partial charge < -0.3 is 8.94 Å². The standard InChI is InChI=1S/C14H9N5O5/c20-13(17-15-8-11-2-1-7-23-11)14-16-12(18-24-14)9-3-5-10(6-4-9)19(21)22/h1-8H,(H,17,20)/b15-8+. The molecule has 0 aliphatic heterocycles. The number of hydrazone groups is 1. The van der Waals surface area contributed by atoms with Crippen LogP contribution in [0.25, 0.3) is 11.4 Å². The molecule has 0 unspecified atom stereocenters. The first kappa shape index (κ1) is 15.1. The van der Waals surface area contributed by atoms with E-state index in [0.29, 0.717) is 11.3 Å². The summed E-state index contributed by atoms with van der Waals surface area (Å²) in [5.74, 6) is -0.393. The number of nitrogens with zero attached hydrogens (tertiary/aromatic N) is 4. The number of furan rings is 1. The quantitative estimate of drug-likeness (QED) is 0.430. The Bertz CT molecular complexity index is 883. The Kier molecular flexibility index (Phi) is 4.10. The van der Waals surface area contributed by atoms with Gasteiger partial charge in [-0.3, -0.25) is 14.9 Å². The molecule has 10 nitrogen and oxygen atoms in total. The number of carbonyl (C=O) groups excluding carboxylic acids is 1. The van der Waals surface area contributed by atoms with Gasteiger partial charge in [-0.2, -0.15) is 10.1 Å². The summed E-state index contributed by atoms with van der Waals surface area (Å²) in [6.07, 6.45) is 2.78. The fraction of sp³-hybridized carbons (Fsp3) is 0. The molecule has 0 aliphatic rings. The molecule has 0 saturated carbocycles. The molecule has 0 atom stereocenters. The van der Waals surface area contributed by atoms with Crippen LogP contribution in [0.5, 0.6) is 0 Å². The van der Waals surface area contributed by atoms with Crippen molar-refractivity contribution in [1.82, 2.24) is 15.6 Å². The summed E-state index contributed by atoms with van der Waals surface area (Å²) in [4.78, 5) is 25.8. The molecule has 10 heteroatoms. The van der Waals surface area contributed by atoms with Gasteiger partial charge in [0, 0.05) is 17.7 Å². The van der Waals surface area contributed by atoms with Crippen LogP contribution in [0.4, 0.5) is 5.69 Å². The van der Waals surface area contributed by atoms with Crippen molar-refractivity contribution in [3.63, 3.8) is 0 Å². The fourth-order valence-corrected chi connectivity index (χ4v) is 1.73. The van der Waals surface area contributed by atoms with E-state index in [1.807, 2.05) is 0 Å². The van der Waals surface area contributed by atoms with Crippen molar-refractivity contribution in [2.75, 3.05) is 0 Å². The number of benzene rings is 1. The third-order valence-corrected chi connectivity index (χ3v) is 2.86. The molecular weight excluding hydrogens is 318 g/mol. The highest BCUT2D eigenvalue weighted by atomic mass is 16.6. The van der Waals surface area contributed by atoms with E-state index < -0.39 is 10.8 Å². The van der Waals surface area contributed by atoms with Crippen molar-refractivity contribution in [2.45, 2.75) is 0 Å². The number of carbonyl (C=O) groups is 1. The van der Waals surface area contributed by atoms with Crippen molar-refractivity contribution in [1.29, 1.82) is 0 Å². The average molecular weight is 327 g/mol. The molecule has 120 valence electrons. The average Bonchev–Trinajstić information content (AvgIpc) is 3.26. The summed E-state index contributed by atoms with van der Waals surface area (Å²) in [5.41, 5.74) is 2.62. The zero-order valence-corrected chi connectivity index (χ0v) is 11.9. The predicted molar refractivity (Wildman–Crippen MR) is 80.2 cm³/mol. The van der Waals surface area contributed by atoms with Gasteiger partial charge in [-0.1, -0.05) is 5.16 Å². The van der Waals surface area contributed by atoms with Gasteiger partial charge >= 0.3 is 11.8 Å². The first-order chi connectivity index (χ1) is 11.6. The van der Waals surface area contributed by atoms with Gasteiger partial charge in [-0.05, 0) is 24.3 Å². The summed E-state index contributed by atoms with van der Waals surface area (Å²) in [5, 5.41) is 17.9. The Labute approximate surface area is 133 Å². The number of nitro benzene ring substituents is 1. The Morgan fingerprint density at radius 2 is 2.08 bits per heavy atom. The molecule has 0 radical (unpaired) electrons. The molecule has 0 fully saturated rings. The number of hydrogen-bond donors (Lipinski definition) is 1. The topological polar surface area (TPSA) is 137 Å². The van der Waals surface area contributed by atoms with Crippen LogP contribution in [-0.4, -0.2) is 27.2 Å². The zero-order valence-electron chi connectivity index (χ0n) is 11.9. The molecule has 1 amide bonds. The first-order valence-corrected chi connectivity index (χ1v) is 6.59. The Morgan fingerprint density at radius 3 is 2.75 bits per heavy atom. The van der Waals surface area contributed by atoms with E-state index in [1.165, 1.54) is 36.7 Å². The number of aromatic nitrogens is 2. The van der Waals surface area contributed by atoms with E-state index in [0.717, 1.165) is 0 Å². The van der Waals surface area contributed by atoms with Crippen LogP contribution in [0, 0.1) is 10.1 Å². The van der Waals surface area contributed by atoms with E-state index >= 15 is 0 Å². The van der Waals surface area contributed by atoms with Gasteiger partial charge in [0.1, 0.15) is 5.76 Å². The summed E-state index contributed by atoms with van der Waals surface area (Å²) >= 11 is 0. The SMILES string of the molecule is O=C(N/N=C/c1ccco1)c1nc(-c2ccc([N+](=O)[O-])cc2)no1. The summed E-state index contributed by atoms with van der Waals surface area (Å²) in [6.45, 7) is 0. The van der Waals surface area contributed by atoms with Gasteiger partial charge in [0.15, 0.2) is 0 Å². The number of amides is 1. The van der Waals surface area contributed by atoms with E-state index in [1.54, 1.807) is 12.1 Å². The molecular formula is C14H9N5O5. The lowest BCUT2D eigenvalue weighted by Gasteiger charge is -1.94. The number of non-ortho nitro benzene ring substituents is 1. The normalized spacial score (nSPS) is 10.8. The Hall–Kier alpha value is -3.82. The molecule has 2 heterocycles. The number of hydrogen-bond acceptors (Lipinski definition) is 8. The highest BCUT2D eigenvalue weighted by molar-refractivity contribution is 5.90. The third kappa shape index (κ3) is 3.32. The predicted octanol–water partition coefficient (Wildman–Crippen LogP) is 2.00. The summed E-state index contributed by atoms with van der Waals surface area (Å²) in [7, 11) is 0. The maximum Gasteiger partial charge on any atom is 0.329 e. The van der Waals surface area contributed by atoms with Gasteiger partial charge in [-0.15, -0.1) is 0 Å². The molecule has 1 aromatic carbocycles. The second-order valence-corrected chi connectivity index (χ2v) is 4.44. The van der Waals surface area contributed by atoms with Crippen molar-refractivity contribution in [3.8, 4) is 11.4 Å². The van der Waals surface area contributed by atoms with Crippen molar-refractivity contribution in [3.05, 3.63) is 64.4 Å². The molecule has 0 spiro atoms. The smallest absolute Gasteiger partial charge is 0.329 e. The minimum absolute atomic E-state index is 0.0625. The van der Waals surface area contributed by atoms with Crippen LogP contribution in [-0.2, 0) is 0 Å². The van der Waals surface area contributed by atoms with Crippen molar-refractivity contribution in [2.24, 2.45) is 5.10 Å². The highest BCUT2D eigenvalue weighted by Gasteiger charge is 2.16. The van der Waals surface area contributed by atoms with Crippen LogP contribution in [0.3, 0.4) is 0 Å². The molecule has 0 aliphatic carbocycles. The summed E-state index contributed by atoms with van der Waals surface area (Å²) < 4.78 is 9.85. The van der Waals surface area contributed by atoms with Crippen LogP contribution >= 0.6 is 0 Å². The minimum Gasteiger partial charge on any atom is -0.463 e. The Morgan fingerprint density at radius 1 is 1.29 bits per heavy atom. The molecule has 0 bridgehead atoms. The second kappa shape index (κ2) is 6.52. The maximum atomic E-state index is 11.8. The lowest BCUT2D eigenvalue weighted by molar-refractivity contribution is -0.384. The Balaban J connectivity index is 1.68. The van der Waals surface area contributed by atoms with E-state index in [2.05, 4.69) is 20.7 Å². The van der Waals surface area contributed by atoms with Crippen molar-refractivity contribution >= 4 is 17.8 Å². The number of nitrogens with one attached hydrogen (secondary N) is 1. The lowest BCUT2D eigenvalue weighted by Crippen LogP contribution is -2.17.